The first-order valence-corrected chi connectivity index (χ1v) is 15.0. The molecule has 3 nitrogen and oxygen atoms in total. The molecule has 0 aromatic carbocycles. The summed E-state index contributed by atoms with van der Waals surface area (Å²) in [4.78, 5) is 12.8. The summed E-state index contributed by atoms with van der Waals surface area (Å²) in [5.41, 5.74) is 0. The van der Waals surface area contributed by atoms with Crippen LogP contribution in [0.1, 0.15) is 55.4 Å². The van der Waals surface area contributed by atoms with Gasteiger partial charge in [-0.25, -0.2) is 0 Å². The molecule has 0 amide bonds. The molecule has 0 saturated carbocycles. The topological polar surface area (TPSA) is 35.5 Å². The number of hydrogen-bond acceptors (Lipinski definition) is 3. The van der Waals surface area contributed by atoms with Gasteiger partial charge in [-0.3, -0.25) is 0 Å². The van der Waals surface area contributed by atoms with Crippen molar-refractivity contribution in [3.05, 3.63) is 0 Å². The molecular formula is C17H40O3P2. The van der Waals surface area contributed by atoms with E-state index in [2.05, 4.69) is 55.4 Å². The predicted octanol–water partition coefficient (Wildman–Crippen LogP) is 6.24. The van der Waals surface area contributed by atoms with Crippen molar-refractivity contribution >= 4 is 19.8 Å². The molecule has 0 N–H and O–H groups in total. The van der Waals surface area contributed by atoms with Crippen LogP contribution in [0.15, 0.2) is 0 Å². The van der Waals surface area contributed by atoms with Crippen LogP contribution in [0.3, 0.4) is 0 Å². The van der Waals surface area contributed by atoms with Crippen LogP contribution < -0.4 is 0 Å². The predicted molar refractivity (Wildman–Crippen MR) is 106 cm³/mol. The van der Waals surface area contributed by atoms with Crippen LogP contribution in [0.2, 0.25) is 0 Å². The fourth-order valence-corrected chi connectivity index (χ4v) is 11.0. The van der Waals surface area contributed by atoms with Gasteiger partial charge in [-0.1, -0.05) is 0 Å². The molecule has 5 heteroatoms. The second-order valence-electron chi connectivity index (χ2n) is 6.68. The Kier molecular flexibility index (Phi) is 7.85. The van der Waals surface area contributed by atoms with Crippen molar-refractivity contribution in [3.63, 3.8) is 0 Å². The summed E-state index contributed by atoms with van der Waals surface area (Å²) in [6, 6.07) is 0. The minimum absolute atomic E-state index is 0.380. The first-order chi connectivity index (χ1) is 10.2. The summed E-state index contributed by atoms with van der Waals surface area (Å²) in [5, 5.41) is 0. The second kappa shape index (κ2) is 7.80. The van der Waals surface area contributed by atoms with E-state index in [9.17, 15) is 4.79 Å². The third-order valence-corrected chi connectivity index (χ3v) is 21.2. The molecule has 22 heavy (non-hydrogen) atoms. The molecule has 0 aromatic heterocycles. The van der Waals surface area contributed by atoms with Crippen molar-refractivity contribution in [1.82, 2.24) is 0 Å². The summed E-state index contributed by atoms with van der Waals surface area (Å²) >= 11 is 0. The SMILES string of the molecule is CCP(CC)(CC)(CC)OC(=O)OP(CC)(CC)(CC)CC. The molecule has 0 rings (SSSR count). The Hall–Kier alpha value is 0.130. The van der Waals surface area contributed by atoms with Gasteiger partial charge in [0.25, 0.3) is 0 Å². The molecule has 0 unspecified atom stereocenters. The van der Waals surface area contributed by atoms with E-state index in [4.69, 9.17) is 9.05 Å². The Bertz CT molecular complexity index is 293. The van der Waals surface area contributed by atoms with E-state index >= 15 is 0 Å². The van der Waals surface area contributed by atoms with E-state index < -0.39 is 13.7 Å². The Balaban J connectivity index is 5.54. The van der Waals surface area contributed by atoms with Crippen LogP contribution in [0.25, 0.3) is 0 Å². The molecule has 0 bridgehead atoms. The van der Waals surface area contributed by atoms with Gasteiger partial charge >= 0.3 is 138 Å². The Labute approximate surface area is 138 Å². The standard InChI is InChI=1S/C17H40O3P2/c1-9-21(10-2,11-3,12-4)19-17(18)20-22(13-5,14-6,15-7)16-8/h9-16H2,1-8H3. The number of carbonyl (C=O) groups excluding carboxylic acids is 1. The summed E-state index contributed by atoms with van der Waals surface area (Å²) in [7, 11) is 0. The average molecular weight is 354 g/mol. The van der Waals surface area contributed by atoms with Gasteiger partial charge in [0.15, 0.2) is 0 Å². The van der Waals surface area contributed by atoms with Gasteiger partial charge < -0.3 is 0 Å². The van der Waals surface area contributed by atoms with Crippen LogP contribution in [0.4, 0.5) is 4.79 Å². The van der Waals surface area contributed by atoms with Gasteiger partial charge in [0, 0.05) is 0 Å². The van der Waals surface area contributed by atoms with Crippen molar-refractivity contribution < 1.29 is 13.8 Å². The molecule has 0 radical (unpaired) electrons. The molecule has 136 valence electrons. The van der Waals surface area contributed by atoms with E-state index in [1.807, 2.05) is 0 Å². The first-order valence-electron chi connectivity index (χ1n) is 9.16. The zero-order valence-corrected chi connectivity index (χ0v) is 18.1. The number of carbonyl (C=O) groups is 1. The molecule has 0 heterocycles. The molecule has 0 spiro atoms. The average Bonchev–Trinajstić information content (AvgIpc) is 2.59. The molecule has 0 aliphatic carbocycles. The monoisotopic (exact) mass is 354 g/mol. The van der Waals surface area contributed by atoms with Gasteiger partial charge in [0.1, 0.15) is 0 Å². The quantitative estimate of drug-likeness (QED) is 0.436. The molecular weight excluding hydrogens is 314 g/mol. The van der Waals surface area contributed by atoms with Crippen LogP contribution in [0, 0.1) is 0 Å². The number of hydrogen-bond donors (Lipinski definition) is 0. The molecule has 0 saturated heterocycles. The molecule has 0 aliphatic heterocycles. The summed E-state index contributed by atoms with van der Waals surface area (Å²) in [6.07, 6.45) is 7.26. The Morgan fingerprint density at radius 1 is 0.545 bits per heavy atom. The Morgan fingerprint density at radius 3 is 0.864 bits per heavy atom. The molecule has 0 atom stereocenters. The third-order valence-electron chi connectivity index (χ3n) is 7.06. The van der Waals surface area contributed by atoms with E-state index in [-0.39, 0.29) is 6.16 Å². The van der Waals surface area contributed by atoms with Gasteiger partial charge in [0.2, 0.25) is 0 Å². The summed E-state index contributed by atoms with van der Waals surface area (Å²) < 4.78 is 12.4. The van der Waals surface area contributed by atoms with Crippen molar-refractivity contribution in [2.75, 3.05) is 49.3 Å². The van der Waals surface area contributed by atoms with Crippen molar-refractivity contribution in [1.29, 1.82) is 0 Å². The molecule has 0 aromatic rings. The zero-order chi connectivity index (χ0) is 17.5. The summed E-state index contributed by atoms with van der Waals surface area (Å²) in [5.74, 6) is 0. The van der Waals surface area contributed by atoms with E-state index in [1.165, 1.54) is 0 Å². The van der Waals surface area contributed by atoms with Gasteiger partial charge in [-0.15, -0.1) is 0 Å². The van der Waals surface area contributed by atoms with E-state index in [0.717, 1.165) is 49.3 Å². The van der Waals surface area contributed by atoms with Crippen LogP contribution in [-0.4, -0.2) is 55.5 Å². The zero-order valence-electron chi connectivity index (χ0n) is 16.3. The fraction of sp³-hybridized carbons (Fsp3) is 0.941. The number of rotatable bonds is 10. The maximum atomic E-state index is 12.8. The van der Waals surface area contributed by atoms with Crippen LogP contribution in [-0.2, 0) is 9.05 Å². The normalized spacial score (nSPS) is 16.2. The molecule has 0 aliphatic rings. The van der Waals surface area contributed by atoms with Crippen molar-refractivity contribution in [3.8, 4) is 0 Å². The second-order valence-corrected chi connectivity index (χ2v) is 19.5. The van der Waals surface area contributed by atoms with E-state index in [0.29, 0.717) is 0 Å². The van der Waals surface area contributed by atoms with Gasteiger partial charge in [0.05, 0.1) is 0 Å². The van der Waals surface area contributed by atoms with Crippen molar-refractivity contribution in [2.45, 2.75) is 55.4 Å². The van der Waals surface area contributed by atoms with Crippen molar-refractivity contribution in [2.24, 2.45) is 0 Å². The van der Waals surface area contributed by atoms with Crippen LogP contribution in [0.5, 0.6) is 0 Å². The fourth-order valence-electron chi connectivity index (χ4n) is 3.64. The Morgan fingerprint density at radius 2 is 0.727 bits per heavy atom. The maximum absolute atomic E-state index is 12.8. The van der Waals surface area contributed by atoms with E-state index in [1.54, 1.807) is 0 Å². The molecule has 0 fully saturated rings. The summed E-state index contributed by atoms with van der Waals surface area (Å²) in [6.45, 7) is 12.5. The van der Waals surface area contributed by atoms with Gasteiger partial charge in [-0.05, 0) is 0 Å². The first kappa shape index (κ1) is 22.1. The van der Waals surface area contributed by atoms with Crippen LogP contribution >= 0.6 is 13.7 Å². The minimum atomic E-state index is -2.42. The third kappa shape index (κ3) is 3.78. The van der Waals surface area contributed by atoms with Gasteiger partial charge in [-0.2, -0.15) is 0 Å².